The van der Waals surface area contributed by atoms with Crippen molar-refractivity contribution in [2.24, 2.45) is 10.2 Å². The van der Waals surface area contributed by atoms with E-state index in [0.29, 0.717) is 0 Å². The third-order valence-electron chi connectivity index (χ3n) is 3.06. The number of azo groups is 1. The number of nitrogens with one attached hydrogen (secondary N) is 2. The third-order valence-corrected chi connectivity index (χ3v) is 3.06. The van der Waals surface area contributed by atoms with Gasteiger partial charge in [-0.1, -0.05) is 60.7 Å². The van der Waals surface area contributed by atoms with Gasteiger partial charge in [-0.15, -0.1) is 10.2 Å². The number of ether oxygens (including phenoxy) is 2. The zero-order chi connectivity index (χ0) is 18.8. The van der Waals surface area contributed by atoms with Crippen molar-refractivity contribution in [3.63, 3.8) is 0 Å². The number of hydrogen-bond donors (Lipinski definition) is 2. The lowest BCUT2D eigenvalue weighted by Crippen LogP contribution is -2.17. The Morgan fingerprint density at radius 3 is 1.38 bits per heavy atom. The lowest BCUT2D eigenvalue weighted by molar-refractivity contribution is -0.138. The molecule has 0 fully saturated rings. The minimum Gasteiger partial charge on any atom is -0.455 e. The molecule has 8 heteroatoms. The number of esters is 2. The van der Waals surface area contributed by atoms with Gasteiger partial charge in [0, 0.05) is 0 Å². The number of amidine groups is 2. The van der Waals surface area contributed by atoms with Crippen molar-refractivity contribution in [2.45, 2.75) is 13.2 Å². The van der Waals surface area contributed by atoms with Crippen LogP contribution in [0.1, 0.15) is 11.1 Å². The lowest BCUT2D eigenvalue weighted by atomic mass is 10.2. The molecule has 8 nitrogen and oxygen atoms in total. The topological polar surface area (TPSA) is 125 Å². The fourth-order valence-corrected chi connectivity index (χ4v) is 1.76. The van der Waals surface area contributed by atoms with Gasteiger partial charge in [0.05, 0.1) is 0 Å². The quantitative estimate of drug-likeness (QED) is 0.380. The van der Waals surface area contributed by atoms with E-state index in [1.807, 2.05) is 12.1 Å². The zero-order valence-corrected chi connectivity index (χ0v) is 13.7. The highest BCUT2D eigenvalue weighted by molar-refractivity contribution is 6.36. The molecule has 0 aliphatic rings. The predicted octanol–water partition coefficient (Wildman–Crippen LogP) is 2.88. The van der Waals surface area contributed by atoms with E-state index in [0.717, 1.165) is 11.1 Å². The van der Waals surface area contributed by atoms with Crippen LogP contribution in [0.15, 0.2) is 70.9 Å². The first-order chi connectivity index (χ1) is 12.6. The zero-order valence-electron chi connectivity index (χ0n) is 13.7. The van der Waals surface area contributed by atoms with Crippen molar-refractivity contribution < 1.29 is 19.1 Å². The molecule has 0 bridgehead atoms. The second-order valence-electron chi connectivity index (χ2n) is 5.02. The normalized spacial score (nSPS) is 10.3. The van der Waals surface area contributed by atoms with Gasteiger partial charge in [0.2, 0.25) is 0 Å². The molecule has 2 N–H and O–H groups in total. The molecule has 0 amide bonds. The van der Waals surface area contributed by atoms with Crippen molar-refractivity contribution in [2.75, 3.05) is 0 Å². The smallest absolute Gasteiger partial charge is 0.377 e. The summed E-state index contributed by atoms with van der Waals surface area (Å²) in [7, 11) is 0. The van der Waals surface area contributed by atoms with Crippen LogP contribution in [0.4, 0.5) is 0 Å². The van der Waals surface area contributed by atoms with Gasteiger partial charge in [-0.05, 0) is 11.1 Å². The SMILES string of the molecule is N=C(N=NC(=N)C(=O)OCc1ccccc1)C(=O)OCc1ccccc1. The van der Waals surface area contributed by atoms with Crippen LogP contribution in [0.5, 0.6) is 0 Å². The molecule has 0 aliphatic heterocycles. The first-order valence-electron chi connectivity index (χ1n) is 7.57. The van der Waals surface area contributed by atoms with E-state index in [-0.39, 0.29) is 13.2 Å². The molecule has 0 atom stereocenters. The molecule has 2 rings (SSSR count). The Morgan fingerprint density at radius 1 is 0.692 bits per heavy atom. The summed E-state index contributed by atoms with van der Waals surface area (Å²) in [6.45, 7) is -0.0394. The molecule has 0 spiro atoms. The highest BCUT2D eigenvalue weighted by Gasteiger charge is 2.14. The molecule has 0 saturated carbocycles. The van der Waals surface area contributed by atoms with Crippen LogP contribution < -0.4 is 0 Å². The first-order valence-corrected chi connectivity index (χ1v) is 7.57. The molecule has 0 aromatic heterocycles. The van der Waals surface area contributed by atoms with Crippen molar-refractivity contribution >= 4 is 23.6 Å². The van der Waals surface area contributed by atoms with Gasteiger partial charge in [-0.3, -0.25) is 10.8 Å². The lowest BCUT2D eigenvalue weighted by Gasteiger charge is -2.03. The third kappa shape index (κ3) is 6.08. The summed E-state index contributed by atoms with van der Waals surface area (Å²) in [6.07, 6.45) is 0. The number of hydrogen-bond acceptors (Lipinski definition) is 6. The number of carbonyl (C=O) groups is 2. The van der Waals surface area contributed by atoms with Gasteiger partial charge in [-0.25, -0.2) is 9.59 Å². The van der Waals surface area contributed by atoms with Crippen molar-refractivity contribution in [1.29, 1.82) is 10.8 Å². The molecule has 0 heterocycles. The number of carbonyl (C=O) groups excluding carboxylic acids is 2. The summed E-state index contributed by atoms with van der Waals surface area (Å²) < 4.78 is 9.77. The molecule has 0 saturated heterocycles. The highest BCUT2D eigenvalue weighted by atomic mass is 16.5. The van der Waals surface area contributed by atoms with Crippen molar-refractivity contribution in [3.05, 3.63) is 71.8 Å². The summed E-state index contributed by atoms with van der Waals surface area (Å²) in [5, 5.41) is 21.3. The van der Waals surface area contributed by atoms with E-state index in [4.69, 9.17) is 20.3 Å². The van der Waals surface area contributed by atoms with Gasteiger partial charge in [0.1, 0.15) is 13.2 Å². The van der Waals surface area contributed by atoms with Crippen LogP contribution in [0.25, 0.3) is 0 Å². The molecule has 2 aromatic rings. The van der Waals surface area contributed by atoms with Crippen LogP contribution in [0.2, 0.25) is 0 Å². The maximum Gasteiger partial charge on any atom is 0.377 e. The number of nitrogens with zero attached hydrogens (tertiary/aromatic N) is 2. The minimum atomic E-state index is -1.01. The van der Waals surface area contributed by atoms with E-state index in [9.17, 15) is 9.59 Å². The Kier molecular flexibility index (Phi) is 6.87. The van der Waals surface area contributed by atoms with Crippen LogP contribution in [-0.2, 0) is 32.3 Å². The maximum absolute atomic E-state index is 11.6. The first kappa shape index (κ1) is 18.7. The Morgan fingerprint density at radius 2 is 1.04 bits per heavy atom. The van der Waals surface area contributed by atoms with Gasteiger partial charge in [0.15, 0.2) is 0 Å². The highest BCUT2D eigenvalue weighted by Crippen LogP contribution is 2.03. The van der Waals surface area contributed by atoms with E-state index >= 15 is 0 Å². The second kappa shape index (κ2) is 9.58. The minimum absolute atomic E-state index is 0.0197. The number of rotatable bonds is 4. The van der Waals surface area contributed by atoms with Crippen molar-refractivity contribution in [1.82, 2.24) is 0 Å². The average molecular weight is 352 g/mol. The Bertz CT molecular complexity index is 750. The molecular formula is C18H16N4O4. The fourth-order valence-electron chi connectivity index (χ4n) is 1.76. The molecule has 2 aromatic carbocycles. The van der Waals surface area contributed by atoms with E-state index < -0.39 is 23.6 Å². The van der Waals surface area contributed by atoms with Crippen LogP contribution in [0, 0.1) is 10.8 Å². The predicted molar refractivity (Wildman–Crippen MR) is 92.8 cm³/mol. The summed E-state index contributed by atoms with van der Waals surface area (Å²) in [6, 6.07) is 17.8. The van der Waals surface area contributed by atoms with Crippen LogP contribution >= 0.6 is 0 Å². The Hall–Kier alpha value is -3.68. The van der Waals surface area contributed by atoms with E-state index in [2.05, 4.69) is 10.2 Å². The molecule has 0 radical (unpaired) electrons. The summed E-state index contributed by atoms with van der Waals surface area (Å²) in [5.41, 5.74) is 1.51. The van der Waals surface area contributed by atoms with Gasteiger partial charge in [-0.2, -0.15) is 0 Å². The number of benzene rings is 2. The van der Waals surface area contributed by atoms with Crippen LogP contribution in [-0.4, -0.2) is 23.6 Å². The fraction of sp³-hybridized carbons (Fsp3) is 0.111. The second-order valence-corrected chi connectivity index (χ2v) is 5.02. The van der Waals surface area contributed by atoms with Gasteiger partial charge < -0.3 is 9.47 Å². The summed E-state index contributed by atoms with van der Waals surface area (Å²) in [4.78, 5) is 23.2. The Balaban J connectivity index is 1.77. The maximum atomic E-state index is 11.6. The average Bonchev–Trinajstić information content (AvgIpc) is 2.69. The molecular weight excluding hydrogens is 336 g/mol. The van der Waals surface area contributed by atoms with Gasteiger partial charge >= 0.3 is 11.9 Å². The molecule has 0 unspecified atom stereocenters. The summed E-state index contributed by atoms with van der Waals surface area (Å²) >= 11 is 0. The Labute approximate surface area is 149 Å². The molecule has 26 heavy (non-hydrogen) atoms. The van der Waals surface area contributed by atoms with Crippen molar-refractivity contribution in [3.8, 4) is 0 Å². The van der Waals surface area contributed by atoms with E-state index in [1.165, 1.54) is 0 Å². The molecule has 0 aliphatic carbocycles. The standard InChI is InChI=1S/C18H16N4O4/c19-15(17(23)25-11-13-7-3-1-4-8-13)21-22-16(20)18(24)26-12-14-9-5-2-6-10-14/h1-10,19-20H,11-12H2. The van der Waals surface area contributed by atoms with Gasteiger partial charge in [0.25, 0.3) is 11.7 Å². The molecule has 132 valence electrons. The van der Waals surface area contributed by atoms with E-state index in [1.54, 1.807) is 48.5 Å². The summed E-state index contributed by atoms with van der Waals surface area (Å²) in [5.74, 6) is -3.66. The monoisotopic (exact) mass is 352 g/mol. The largest absolute Gasteiger partial charge is 0.455 e. The van der Waals surface area contributed by atoms with Crippen LogP contribution in [0.3, 0.4) is 0 Å².